The van der Waals surface area contributed by atoms with Gasteiger partial charge in [-0.25, -0.2) is 9.37 Å². The number of hydrogen-bond acceptors (Lipinski definition) is 9. The number of aryl methyl sites for hydroxylation is 1. The second-order valence-electron chi connectivity index (χ2n) is 7.72. The lowest BCUT2D eigenvalue weighted by atomic mass is 10.1. The van der Waals surface area contributed by atoms with Crippen molar-refractivity contribution in [2.24, 2.45) is 5.92 Å². The molecule has 0 aliphatic heterocycles. The maximum atomic E-state index is 13.2. The van der Waals surface area contributed by atoms with Gasteiger partial charge in [0.05, 0.1) is 36.2 Å². The van der Waals surface area contributed by atoms with Gasteiger partial charge in [0.25, 0.3) is 5.91 Å². The van der Waals surface area contributed by atoms with Gasteiger partial charge in [-0.2, -0.15) is 5.10 Å². The Balaban J connectivity index is 1.74. The summed E-state index contributed by atoms with van der Waals surface area (Å²) in [6.45, 7) is 2.49. The number of pyridine rings is 1. The summed E-state index contributed by atoms with van der Waals surface area (Å²) in [6, 6.07) is 4.80. The van der Waals surface area contributed by atoms with Crippen LogP contribution in [-0.2, 0) is 11.3 Å². The Labute approximate surface area is 192 Å². The number of hydrogen-bond donors (Lipinski definition) is 6. The summed E-state index contributed by atoms with van der Waals surface area (Å²) in [5.41, 5.74) is 1.02. The fourth-order valence-electron chi connectivity index (χ4n) is 3.52. The van der Waals surface area contributed by atoms with E-state index in [4.69, 9.17) is 20.1 Å². The second-order valence-corrected chi connectivity index (χ2v) is 7.72. The van der Waals surface area contributed by atoms with Gasteiger partial charge in [0.15, 0.2) is 5.75 Å². The quantitative estimate of drug-likeness (QED) is 0.259. The lowest BCUT2D eigenvalue weighted by Gasteiger charge is -2.19. The standard InChI is InChI=1S/C21H23FN6O6/c1-3-28-17-10(8-24-28)4-5-14(18(17)34-2)25-15-7-16(26-19(29)11-6-13(11)22)23-9-12(15)20(30)27-21(31,32)33/h4-5,7-9,11,13,31-33H,3,6H2,1-2H3,(H,27,30)(H2,23,25,26,29). The van der Waals surface area contributed by atoms with Gasteiger partial charge in [0, 0.05) is 24.2 Å². The Kier molecular flexibility index (Phi) is 6.08. The zero-order valence-corrected chi connectivity index (χ0v) is 18.2. The molecule has 1 aromatic carbocycles. The summed E-state index contributed by atoms with van der Waals surface area (Å²) < 4.78 is 20.5. The third kappa shape index (κ3) is 4.76. The van der Waals surface area contributed by atoms with Gasteiger partial charge in [-0.15, -0.1) is 0 Å². The minimum atomic E-state index is -3.46. The maximum absolute atomic E-state index is 13.2. The van der Waals surface area contributed by atoms with Gasteiger partial charge in [-0.05, 0) is 25.5 Å². The maximum Gasteiger partial charge on any atom is 0.369 e. The second kappa shape index (κ2) is 8.85. The molecule has 4 rings (SSSR count). The number of fused-ring (bicyclic) bond motifs is 1. The van der Waals surface area contributed by atoms with E-state index >= 15 is 0 Å². The molecule has 34 heavy (non-hydrogen) atoms. The highest BCUT2D eigenvalue weighted by Crippen LogP contribution is 2.37. The van der Waals surface area contributed by atoms with E-state index in [1.165, 1.54) is 13.2 Å². The minimum absolute atomic E-state index is 0.0325. The molecule has 0 spiro atoms. The van der Waals surface area contributed by atoms with Crippen LogP contribution in [0.4, 0.5) is 21.6 Å². The van der Waals surface area contributed by atoms with Gasteiger partial charge in [0.2, 0.25) is 5.91 Å². The average molecular weight is 474 g/mol. The number of aliphatic hydroxyl groups is 3. The van der Waals surface area contributed by atoms with Crippen molar-refractivity contribution in [1.82, 2.24) is 20.1 Å². The Morgan fingerprint density at radius 3 is 2.62 bits per heavy atom. The molecule has 13 heteroatoms. The molecule has 3 aromatic rings. The van der Waals surface area contributed by atoms with E-state index in [2.05, 4.69) is 20.7 Å². The van der Waals surface area contributed by atoms with Crippen molar-refractivity contribution in [3.63, 3.8) is 0 Å². The van der Waals surface area contributed by atoms with Crippen LogP contribution in [0.3, 0.4) is 0 Å². The van der Waals surface area contributed by atoms with E-state index in [-0.39, 0.29) is 23.5 Å². The summed E-state index contributed by atoms with van der Waals surface area (Å²) in [5.74, 6) is -1.93. The third-order valence-electron chi connectivity index (χ3n) is 5.26. The van der Waals surface area contributed by atoms with E-state index in [0.717, 1.165) is 11.6 Å². The number of ether oxygens (including phenoxy) is 1. The highest BCUT2D eigenvalue weighted by Gasteiger charge is 2.43. The molecule has 2 unspecified atom stereocenters. The molecule has 1 aliphatic rings. The van der Waals surface area contributed by atoms with Crippen LogP contribution in [0.5, 0.6) is 5.75 Å². The molecule has 0 radical (unpaired) electrons. The van der Waals surface area contributed by atoms with E-state index in [9.17, 15) is 14.0 Å². The van der Waals surface area contributed by atoms with Gasteiger partial charge >= 0.3 is 6.10 Å². The van der Waals surface area contributed by atoms with Crippen LogP contribution < -0.4 is 20.7 Å². The van der Waals surface area contributed by atoms with Crippen LogP contribution in [-0.4, -0.2) is 61.3 Å². The first-order valence-electron chi connectivity index (χ1n) is 10.4. The Bertz CT molecular complexity index is 1260. The molecule has 1 aliphatic carbocycles. The number of alkyl halides is 1. The van der Waals surface area contributed by atoms with E-state index in [1.807, 2.05) is 6.92 Å². The molecule has 1 fully saturated rings. The first kappa shape index (κ1) is 23.4. The van der Waals surface area contributed by atoms with Crippen molar-refractivity contribution in [2.45, 2.75) is 32.2 Å². The van der Waals surface area contributed by atoms with Crippen molar-refractivity contribution in [3.8, 4) is 5.75 Å². The van der Waals surface area contributed by atoms with Gasteiger partial charge in [0.1, 0.15) is 17.5 Å². The van der Waals surface area contributed by atoms with E-state index in [1.54, 1.807) is 28.3 Å². The van der Waals surface area contributed by atoms with Crippen molar-refractivity contribution in [1.29, 1.82) is 0 Å². The molecule has 2 aromatic heterocycles. The topological polar surface area (TPSA) is 171 Å². The van der Waals surface area contributed by atoms with Crippen LogP contribution in [0.2, 0.25) is 0 Å². The fraction of sp³-hybridized carbons (Fsp3) is 0.333. The van der Waals surface area contributed by atoms with Crippen molar-refractivity contribution in [3.05, 3.63) is 36.2 Å². The predicted molar refractivity (Wildman–Crippen MR) is 118 cm³/mol. The smallest absolute Gasteiger partial charge is 0.369 e. The van der Waals surface area contributed by atoms with Gasteiger partial charge < -0.3 is 30.7 Å². The number of amides is 2. The molecule has 2 amide bonds. The fourth-order valence-corrected chi connectivity index (χ4v) is 3.52. The first-order chi connectivity index (χ1) is 16.1. The summed E-state index contributed by atoms with van der Waals surface area (Å²) in [5, 5.41) is 39.7. The van der Waals surface area contributed by atoms with Crippen LogP contribution in [0.15, 0.2) is 30.6 Å². The Morgan fingerprint density at radius 1 is 1.26 bits per heavy atom. The minimum Gasteiger partial charge on any atom is -0.492 e. The number of rotatable bonds is 8. The zero-order valence-electron chi connectivity index (χ0n) is 18.2. The molecule has 2 atom stereocenters. The number of anilines is 3. The number of halogens is 1. The van der Waals surface area contributed by atoms with Gasteiger partial charge in [-0.3, -0.25) is 19.6 Å². The summed E-state index contributed by atoms with van der Waals surface area (Å²) in [6.07, 6.45) is -1.79. The predicted octanol–water partition coefficient (Wildman–Crippen LogP) is 0.818. The Hall–Kier alpha value is -3.81. The lowest BCUT2D eigenvalue weighted by Crippen LogP contribution is -2.48. The highest BCUT2D eigenvalue weighted by atomic mass is 19.1. The van der Waals surface area contributed by atoms with Crippen molar-refractivity contribution in [2.75, 3.05) is 17.7 Å². The third-order valence-corrected chi connectivity index (χ3v) is 5.26. The number of methoxy groups -OCH3 is 1. The van der Waals surface area contributed by atoms with Crippen LogP contribution in [0.1, 0.15) is 23.7 Å². The summed E-state index contributed by atoms with van der Waals surface area (Å²) >= 11 is 0. The molecule has 2 heterocycles. The number of nitrogens with one attached hydrogen (secondary N) is 3. The molecule has 0 saturated heterocycles. The van der Waals surface area contributed by atoms with Crippen molar-refractivity contribution >= 4 is 39.9 Å². The lowest BCUT2D eigenvalue weighted by molar-refractivity contribution is -0.323. The SMILES string of the molecule is CCn1ncc2ccc(Nc3cc(NC(=O)C4CC4F)ncc3C(=O)NC(O)(O)O)c(OC)c21. The summed E-state index contributed by atoms with van der Waals surface area (Å²) in [7, 11) is 1.47. The Morgan fingerprint density at radius 2 is 2.00 bits per heavy atom. The number of benzene rings is 1. The molecule has 0 bridgehead atoms. The van der Waals surface area contributed by atoms with Crippen LogP contribution in [0.25, 0.3) is 10.9 Å². The number of carbonyl (C=O) groups is 2. The first-order valence-corrected chi connectivity index (χ1v) is 10.4. The largest absolute Gasteiger partial charge is 0.492 e. The van der Waals surface area contributed by atoms with Crippen LogP contribution >= 0.6 is 0 Å². The highest BCUT2D eigenvalue weighted by molar-refractivity contribution is 6.02. The normalized spacial score (nSPS) is 17.4. The zero-order chi connectivity index (χ0) is 24.6. The summed E-state index contributed by atoms with van der Waals surface area (Å²) in [4.78, 5) is 28.6. The average Bonchev–Trinajstić information content (AvgIpc) is 3.36. The van der Waals surface area contributed by atoms with Gasteiger partial charge in [-0.1, -0.05) is 0 Å². The number of nitrogens with zero attached hydrogens (tertiary/aromatic N) is 3. The monoisotopic (exact) mass is 474 g/mol. The van der Waals surface area contributed by atoms with E-state index in [0.29, 0.717) is 23.5 Å². The molecule has 1 saturated carbocycles. The number of carbonyl (C=O) groups excluding carboxylic acids is 2. The molecule has 12 nitrogen and oxygen atoms in total. The molecule has 180 valence electrons. The van der Waals surface area contributed by atoms with Crippen molar-refractivity contribution < 1.29 is 34.0 Å². The molecular formula is C21H23FN6O6. The van der Waals surface area contributed by atoms with E-state index < -0.39 is 30.0 Å². The molecule has 6 N–H and O–H groups in total. The van der Waals surface area contributed by atoms with Crippen LogP contribution in [0, 0.1) is 5.92 Å². The number of aromatic nitrogens is 3. The molecular weight excluding hydrogens is 451 g/mol.